The highest BCUT2D eigenvalue weighted by molar-refractivity contribution is 5.85. The summed E-state index contributed by atoms with van der Waals surface area (Å²) in [4.78, 5) is 7.51. The van der Waals surface area contributed by atoms with Crippen LogP contribution in [-0.2, 0) is 6.42 Å². The molecule has 0 radical (unpaired) electrons. The van der Waals surface area contributed by atoms with Crippen molar-refractivity contribution in [3.63, 3.8) is 0 Å². The van der Waals surface area contributed by atoms with Crippen LogP contribution in [0.1, 0.15) is 56.8 Å². The first-order chi connectivity index (χ1) is 10.7. The van der Waals surface area contributed by atoms with Crippen molar-refractivity contribution in [2.24, 2.45) is 11.8 Å². The van der Waals surface area contributed by atoms with E-state index in [1.807, 2.05) is 6.20 Å². The second-order valence-corrected chi connectivity index (χ2v) is 7.52. The average Bonchev–Trinajstić information content (AvgIpc) is 2.54. The van der Waals surface area contributed by atoms with E-state index in [0.29, 0.717) is 12.0 Å². The number of hydrogen-bond acceptors (Lipinski definition) is 3. The molecule has 1 fully saturated rings. The molecule has 4 heteroatoms. The number of halogens is 1. The van der Waals surface area contributed by atoms with Crippen LogP contribution in [0, 0.1) is 11.8 Å². The Kier molecular flexibility index (Phi) is 7.32. The van der Waals surface area contributed by atoms with E-state index in [-0.39, 0.29) is 12.4 Å². The number of rotatable bonds is 5. The van der Waals surface area contributed by atoms with Gasteiger partial charge in [0.2, 0.25) is 0 Å². The molecule has 0 saturated carbocycles. The van der Waals surface area contributed by atoms with Gasteiger partial charge in [-0.2, -0.15) is 0 Å². The maximum Gasteiger partial charge on any atom is 0.0607 e. The number of nitrogens with zero attached hydrogens (tertiary/aromatic N) is 2. The van der Waals surface area contributed by atoms with Gasteiger partial charge in [-0.15, -0.1) is 12.4 Å². The van der Waals surface area contributed by atoms with E-state index in [1.54, 1.807) is 0 Å². The van der Waals surface area contributed by atoms with Crippen LogP contribution in [0.4, 0.5) is 0 Å². The van der Waals surface area contributed by atoms with Gasteiger partial charge in [0.15, 0.2) is 0 Å². The van der Waals surface area contributed by atoms with Crippen molar-refractivity contribution in [1.82, 2.24) is 15.2 Å². The predicted octanol–water partition coefficient (Wildman–Crippen LogP) is 3.84. The fraction of sp³-hybridized carbons (Fsp3) is 0.737. The number of piperidine rings is 1. The summed E-state index contributed by atoms with van der Waals surface area (Å²) in [5.41, 5.74) is 2.84. The van der Waals surface area contributed by atoms with Crippen molar-refractivity contribution >= 4 is 12.4 Å². The molecule has 130 valence electrons. The summed E-state index contributed by atoms with van der Waals surface area (Å²) in [7, 11) is 0. The zero-order valence-electron chi connectivity index (χ0n) is 14.6. The minimum absolute atomic E-state index is 0. The molecule has 3 nitrogen and oxygen atoms in total. The third-order valence-electron chi connectivity index (χ3n) is 5.10. The number of aromatic nitrogens is 1. The molecular formula is C19H32ClN3. The lowest BCUT2D eigenvalue weighted by molar-refractivity contribution is 0.122. The van der Waals surface area contributed by atoms with E-state index in [0.717, 1.165) is 5.92 Å². The van der Waals surface area contributed by atoms with Crippen molar-refractivity contribution in [2.75, 3.05) is 26.2 Å². The molecule has 2 heterocycles. The van der Waals surface area contributed by atoms with Gasteiger partial charge in [-0.25, -0.2) is 0 Å². The number of fused-ring (bicyclic) bond motifs is 1. The van der Waals surface area contributed by atoms with Crippen LogP contribution in [0.5, 0.6) is 0 Å². The van der Waals surface area contributed by atoms with E-state index < -0.39 is 0 Å². The Hall–Kier alpha value is -0.640. The monoisotopic (exact) mass is 337 g/mol. The topological polar surface area (TPSA) is 28.2 Å². The SMILES string of the molecule is CC(C)CN(CC1CCCNC1)C1CCCc2cccnc21.Cl. The van der Waals surface area contributed by atoms with Gasteiger partial charge in [0.05, 0.1) is 11.7 Å². The smallest absolute Gasteiger partial charge is 0.0607 e. The Labute approximate surface area is 147 Å². The van der Waals surface area contributed by atoms with Gasteiger partial charge in [0.25, 0.3) is 0 Å². The van der Waals surface area contributed by atoms with Crippen molar-refractivity contribution in [2.45, 2.75) is 52.0 Å². The zero-order valence-corrected chi connectivity index (χ0v) is 15.4. The molecule has 0 spiro atoms. The summed E-state index contributed by atoms with van der Waals surface area (Å²) in [6.07, 6.45) is 8.48. The molecular weight excluding hydrogens is 306 g/mol. The highest BCUT2D eigenvalue weighted by Crippen LogP contribution is 2.34. The van der Waals surface area contributed by atoms with Gasteiger partial charge in [0.1, 0.15) is 0 Å². The molecule has 1 aromatic heterocycles. The van der Waals surface area contributed by atoms with Gasteiger partial charge in [-0.05, 0) is 68.7 Å². The van der Waals surface area contributed by atoms with Crippen LogP contribution in [-0.4, -0.2) is 36.1 Å². The molecule has 1 aliphatic carbocycles. The second kappa shape index (κ2) is 9.00. The van der Waals surface area contributed by atoms with Crippen LogP contribution in [0.15, 0.2) is 18.3 Å². The van der Waals surface area contributed by atoms with Gasteiger partial charge < -0.3 is 5.32 Å². The van der Waals surface area contributed by atoms with Crippen molar-refractivity contribution < 1.29 is 0 Å². The molecule has 1 aromatic rings. The first-order valence-corrected chi connectivity index (χ1v) is 9.12. The quantitative estimate of drug-likeness (QED) is 0.884. The van der Waals surface area contributed by atoms with E-state index in [1.165, 1.54) is 69.5 Å². The maximum absolute atomic E-state index is 4.76. The average molecular weight is 338 g/mol. The molecule has 1 N–H and O–H groups in total. The fourth-order valence-corrected chi connectivity index (χ4v) is 4.15. The maximum atomic E-state index is 4.76. The van der Waals surface area contributed by atoms with Gasteiger partial charge >= 0.3 is 0 Å². The van der Waals surface area contributed by atoms with Gasteiger partial charge in [-0.1, -0.05) is 19.9 Å². The minimum Gasteiger partial charge on any atom is -0.316 e. The summed E-state index contributed by atoms with van der Waals surface area (Å²) in [6.45, 7) is 9.50. The molecule has 3 rings (SSSR count). The van der Waals surface area contributed by atoms with Crippen molar-refractivity contribution in [1.29, 1.82) is 0 Å². The number of hydrogen-bond donors (Lipinski definition) is 1. The van der Waals surface area contributed by atoms with Gasteiger partial charge in [-0.3, -0.25) is 9.88 Å². The third kappa shape index (κ3) is 4.91. The molecule has 1 aliphatic heterocycles. The zero-order chi connectivity index (χ0) is 15.4. The molecule has 1 saturated heterocycles. The molecule has 0 bridgehead atoms. The lowest BCUT2D eigenvalue weighted by Gasteiger charge is -2.39. The van der Waals surface area contributed by atoms with Crippen LogP contribution in [0.25, 0.3) is 0 Å². The van der Waals surface area contributed by atoms with E-state index in [4.69, 9.17) is 4.98 Å². The minimum atomic E-state index is 0. The Morgan fingerprint density at radius 2 is 2.17 bits per heavy atom. The highest BCUT2D eigenvalue weighted by Gasteiger charge is 2.29. The number of aryl methyl sites for hydroxylation is 1. The Balaban J connectivity index is 0.00000192. The summed E-state index contributed by atoms with van der Waals surface area (Å²) in [5, 5.41) is 3.57. The van der Waals surface area contributed by atoms with Crippen LogP contribution in [0.2, 0.25) is 0 Å². The fourth-order valence-electron chi connectivity index (χ4n) is 4.15. The third-order valence-corrected chi connectivity index (χ3v) is 5.10. The number of nitrogens with one attached hydrogen (secondary N) is 1. The normalized spacial score (nSPS) is 24.3. The first-order valence-electron chi connectivity index (χ1n) is 9.12. The molecule has 2 atom stereocenters. The molecule has 2 aliphatic rings. The number of pyridine rings is 1. The Bertz CT molecular complexity index is 471. The lowest BCUT2D eigenvalue weighted by Crippen LogP contribution is -2.42. The first kappa shape index (κ1) is 18.7. The van der Waals surface area contributed by atoms with Crippen LogP contribution >= 0.6 is 12.4 Å². The summed E-state index contributed by atoms with van der Waals surface area (Å²) in [5.74, 6) is 1.52. The largest absolute Gasteiger partial charge is 0.316 e. The standard InChI is InChI=1S/C19H31N3.ClH/c1-15(2)13-22(14-16-6-4-10-20-12-16)18-9-3-7-17-8-5-11-21-19(17)18;/h5,8,11,15-16,18,20H,3-4,6-7,9-10,12-14H2,1-2H3;1H. The Morgan fingerprint density at radius 1 is 1.30 bits per heavy atom. The van der Waals surface area contributed by atoms with Crippen molar-refractivity contribution in [3.05, 3.63) is 29.6 Å². The molecule has 0 amide bonds. The molecule has 2 unspecified atom stereocenters. The van der Waals surface area contributed by atoms with E-state index in [2.05, 4.69) is 36.2 Å². The lowest BCUT2D eigenvalue weighted by atomic mass is 9.89. The molecule has 0 aromatic carbocycles. The summed E-state index contributed by atoms with van der Waals surface area (Å²) < 4.78 is 0. The van der Waals surface area contributed by atoms with Crippen LogP contribution < -0.4 is 5.32 Å². The van der Waals surface area contributed by atoms with E-state index >= 15 is 0 Å². The van der Waals surface area contributed by atoms with Gasteiger partial charge in [0, 0.05) is 19.3 Å². The second-order valence-electron chi connectivity index (χ2n) is 7.52. The van der Waals surface area contributed by atoms with E-state index in [9.17, 15) is 0 Å². The van der Waals surface area contributed by atoms with Crippen molar-refractivity contribution in [3.8, 4) is 0 Å². The Morgan fingerprint density at radius 3 is 2.91 bits per heavy atom. The van der Waals surface area contributed by atoms with Crippen LogP contribution in [0.3, 0.4) is 0 Å². The summed E-state index contributed by atoms with van der Waals surface area (Å²) >= 11 is 0. The highest BCUT2D eigenvalue weighted by atomic mass is 35.5. The molecule has 23 heavy (non-hydrogen) atoms. The summed E-state index contributed by atoms with van der Waals surface area (Å²) in [6, 6.07) is 4.91. The predicted molar refractivity (Wildman–Crippen MR) is 99.2 cm³/mol.